The zero-order valence-corrected chi connectivity index (χ0v) is 15.5. The molecular weight excluding hydrogens is 368 g/mol. The average Bonchev–Trinajstić information content (AvgIpc) is 2.74. The van der Waals surface area contributed by atoms with Crippen LogP contribution in [0, 0.1) is 24.0 Å². The van der Waals surface area contributed by atoms with Gasteiger partial charge in [-0.25, -0.2) is 18.7 Å². The highest BCUT2D eigenvalue weighted by atomic mass is 19.1. The van der Waals surface area contributed by atoms with Crippen molar-refractivity contribution < 1.29 is 8.78 Å². The van der Waals surface area contributed by atoms with Crippen molar-refractivity contribution in [1.29, 1.82) is 0 Å². The molecule has 142 valence electrons. The fourth-order valence-corrected chi connectivity index (χ4v) is 3.17. The molecule has 0 amide bonds. The van der Waals surface area contributed by atoms with Crippen LogP contribution < -0.4 is 5.32 Å². The van der Waals surface area contributed by atoms with Gasteiger partial charge in [-0.3, -0.25) is 0 Å². The summed E-state index contributed by atoms with van der Waals surface area (Å²) >= 11 is 0. The minimum absolute atomic E-state index is 0.326. The molecule has 0 bridgehead atoms. The van der Waals surface area contributed by atoms with Crippen LogP contribution in [0.15, 0.2) is 66.7 Å². The molecule has 1 heterocycles. The van der Waals surface area contributed by atoms with Crippen LogP contribution in [-0.4, -0.2) is 16.5 Å². The summed E-state index contributed by atoms with van der Waals surface area (Å²) < 4.78 is 26.9. The molecule has 0 saturated carbocycles. The van der Waals surface area contributed by atoms with Crippen LogP contribution in [0.1, 0.15) is 5.56 Å². The van der Waals surface area contributed by atoms with Gasteiger partial charge in [-0.05, 0) is 60.2 Å². The first-order chi connectivity index (χ1) is 14.2. The Morgan fingerprint density at radius 1 is 0.793 bits per heavy atom. The first-order valence-corrected chi connectivity index (χ1v) is 9.11. The van der Waals surface area contributed by atoms with Gasteiger partial charge in [0.25, 0.3) is 0 Å². The van der Waals surface area contributed by atoms with Crippen LogP contribution in [0.5, 0.6) is 0 Å². The molecule has 1 aromatic heterocycles. The molecule has 3 nitrogen and oxygen atoms in total. The molecule has 0 aliphatic heterocycles. The lowest BCUT2D eigenvalue weighted by molar-refractivity contribution is 0.627. The molecule has 0 spiro atoms. The second-order valence-corrected chi connectivity index (χ2v) is 6.53. The van der Waals surface area contributed by atoms with Gasteiger partial charge in [-0.1, -0.05) is 18.1 Å². The number of nitrogens with zero attached hydrogens (tertiary/aromatic N) is 2. The van der Waals surface area contributed by atoms with Crippen molar-refractivity contribution in [3.8, 4) is 34.9 Å². The molecular formula is C24H17F2N3. The van der Waals surface area contributed by atoms with Gasteiger partial charge in [0.2, 0.25) is 0 Å². The highest BCUT2D eigenvalue weighted by Gasteiger charge is 2.15. The summed E-state index contributed by atoms with van der Waals surface area (Å²) in [7, 11) is 0. The van der Waals surface area contributed by atoms with E-state index in [1.54, 1.807) is 24.3 Å². The molecule has 1 N–H and O–H groups in total. The topological polar surface area (TPSA) is 37.8 Å². The van der Waals surface area contributed by atoms with Crippen molar-refractivity contribution in [3.63, 3.8) is 0 Å². The molecule has 0 aliphatic carbocycles. The molecule has 29 heavy (non-hydrogen) atoms. The van der Waals surface area contributed by atoms with Crippen LogP contribution in [0.25, 0.3) is 33.5 Å². The number of halogens is 2. The van der Waals surface area contributed by atoms with Gasteiger partial charge in [0.05, 0.1) is 29.0 Å². The molecule has 5 heteroatoms. The Morgan fingerprint density at radius 2 is 1.38 bits per heavy atom. The smallest absolute Gasteiger partial charge is 0.123 e. The van der Waals surface area contributed by atoms with E-state index in [0.717, 1.165) is 27.7 Å². The van der Waals surface area contributed by atoms with E-state index in [9.17, 15) is 8.78 Å². The van der Waals surface area contributed by atoms with Crippen molar-refractivity contribution in [2.75, 3.05) is 6.54 Å². The van der Waals surface area contributed by atoms with Gasteiger partial charge in [-0.15, -0.1) is 6.42 Å². The van der Waals surface area contributed by atoms with Crippen molar-refractivity contribution in [2.45, 2.75) is 6.54 Å². The lowest BCUT2D eigenvalue weighted by Gasteiger charge is -2.13. The lowest BCUT2D eigenvalue weighted by Crippen LogP contribution is -2.13. The molecule has 4 rings (SSSR count). The third kappa shape index (κ3) is 3.98. The zero-order chi connectivity index (χ0) is 20.2. The fraction of sp³-hybridized carbons (Fsp3) is 0.0833. The third-order valence-corrected chi connectivity index (χ3v) is 4.56. The van der Waals surface area contributed by atoms with E-state index in [2.05, 4.69) is 11.2 Å². The van der Waals surface area contributed by atoms with Crippen molar-refractivity contribution >= 4 is 11.0 Å². The number of aromatic nitrogens is 2. The highest BCUT2D eigenvalue weighted by Crippen LogP contribution is 2.32. The standard InChI is InChI=1S/C24H17F2N3/c1-2-14-27-15-18-4-3-5-21-22(18)29-24(17-8-12-20(26)13-9-17)23(28-21)16-6-10-19(25)11-7-16/h1,3-13,27H,14-15H2. The van der Waals surface area contributed by atoms with E-state index in [1.807, 2.05) is 18.2 Å². The van der Waals surface area contributed by atoms with Gasteiger partial charge in [0.1, 0.15) is 11.6 Å². The number of hydrogen-bond acceptors (Lipinski definition) is 3. The highest BCUT2D eigenvalue weighted by molar-refractivity contribution is 5.87. The predicted molar refractivity (Wildman–Crippen MR) is 111 cm³/mol. The maximum atomic E-state index is 13.5. The number of rotatable bonds is 5. The number of para-hydroxylation sites is 1. The van der Waals surface area contributed by atoms with Crippen LogP contribution in [0.2, 0.25) is 0 Å². The molecule has 0 radical (unpaired) electrons. The van der Waals surface area contributed by atoms with E-state index >= 15 is 0 Å². The van der Waals surface area contributed by atoms with Gasteiger partial charge in [0.15, 0.2) is 0 Å². The molecule has 0 saturated heterocycles. The van der Waals surface area contributed by atoms with E-state index in [0.29, 0.717) is 24.5 Å². The van der Waals surface area contributed by atoms with Gasteiger partial charge < -0.3 is 5.32 Å². The Morgan fingerprint density at radius 3 is 1.97 bits per heavy atom. The van der Waals surface area contributed by atoms with E-state index in [-0.39, 0.29) is 11.6 Å². The van der Waals surface area contributed by atoms with Crippen molar-refractivity contribution in [3.05, 3.63) is 83.9 Å². The Bertz CT molecular complexity index is 1190. The molecule has 0 fully saturated rings. The molecule has 0 atom stereocenters. The van der Waals surface area contributed by atoms with E-state index in [4.69, 9.17) is 16.4 Å². The quantitative estimate of drug-likeness (QED) is 0.390. The first kappa shape index (κ1) is 18.7. The minimum atomic E-state index is -0.329. The van der Waals surface area contributed by atoms with Crippen molar-refractivity contribution in [2.24, 2.45) is 0 Å². The van der Waals surface area contributed by atoms with Crippen LogP contribution >= 0.6 is 0 Å². The minimum Gasteiger partial charge on any atom is -0.302 e. The Labute approximate surface area is 167 Å². The second-order valence-electron chi connectivity index (χ2n) is 6.53. The second kappa shape index (κ2) is 8.17. The third-order valence-electron chi connectivity index (χ3n) is 4.56. The maximum Gasteiger partial charge on any atom is 0.123 e. The number of terminal acetylenes is 1. The summed E-state index contributed by atoms with van der Waals surface area (Å²) in [5.74, 6) is 1.90. The Hall–Kier alpha value is -3.62. The summed E-state index contributed by atoms with van der Waals surface area (Å²) in [6, 6.07) is 18.0. The van der Waals surface area contributed by atoms with Crippen LogP contribution in [0.3, 0.4) is 0 Å². The number of benzene rings is 3. The number of hydrogen-bond donors (Lipinski definition) is 1. The monoisotopic (exact) mass is 385 g/mol. The zero-order valence-electron chi connectivity index (χ0n) is 15.5. The molecule has 3 aromatic carbocycles. The summed E-state index contributed by atoms with van der Waals surface area (Å²) in [6.07, 6.45) is 5.31. The van der Waals surface area contributed by atoms with Gasteiger partial charge >= 0.3 is 0 Å². The molecule has 4 aromatic rings. The van der Waals surface area contributed by atoms with Crippen LogP contribution in [0.4, 0.5) is 8.78 Å². The first-order valence-electron chi connectivity index (χ1n) is 9.11. The number of fused-ring (bicyclic) bond motifs is 1. The van der Waals surface area contributed by atoms with E-state index in [1.165, 1.54) is 24.3 Å². The van der Waals surface area contributed by atoms with Gasteiger partial charge in [-0.2, -0.15) is 0 Å². The van der Waals surface area contributed by atoms with Crippen molar-refractivity contribution in [1.82, 2.24) is 15.3 Å². The van der Waals surface area contributed by atoms with Crippen LogP contribution in [-0.2, 0) is 6.54 Å². The average molecular weight is 385 g/mol. The largest absolute Gasteiger partial charge is 0.302 e. The molecule has 0 unspecified atom stereocenters. The Kier molecular flexibility index (Phi) is 5.28. The van der Waals surface area contributed by atoms with Gasteiger partial charge in [0, 0.05) is 17.7 Å². The fourth-order valence-electron chi connectivity index (χ4n) is 3.17. The summed E-state index contributed by atoms with van der Waals surface area (Å²) in [5, 5.41) is 3.17. The predicted octanol–water partition coefficient (Wildman–Crippen LogP) is 4.96. The SMILES string of the molecule is C#CCNCc1cccc2nc(-c3ccc(F)cc3)c(-c3ccc(F)cc3)nc12. The number of nitrogens with one attached hydrogen (secondary N) is 1. The molecule has 0 aliphatic rings. The summed E-state index contributed by atoms with van der Waals surface area (Å²) in [4.78, 5) is 9.70. The lowest BCUT2D eigenvalue weighted by atomic mass is 10.0. The summed E-state index contributed by atoms with van der Waals surface area (Å²) in [6.45, 7) is 0.997. The maximum absolute atomic E-state index is 13.5. The summed E-state index contributed by atoms with van der Waals surface area (Å²) in [5.41, 5.74) is 5.09. The Balaban J connectivity index is 1.93. The normalized spacial score (nSPS) is 10.8. The van der Waals surface area contributed by atoms with E-state index < -0.39 is 0 Å².